The van der Waals surface area contributed by atoms with E-state index >= 15 is 0 Å². The maximum atomic E-state index is 13.1. The van der Waals surface area contributed by atoms with Crippen molar-refractivity contribution in [1.82, 2.24) is 10.3 Å². The molecule has 0 amide bonds. The molecule has 1 N–H and O–H groups in total. The molecular weight excluding hydrogens is 297 g/mol. The molecule has 2 nitrogen and oxygen atoms in total. The van der Waals surface area contributed by atoms with Gasteiger partial charge in [-0.15, -0.1) is 11.3 Å². The van der Waals surface area contributed by atoms with Crippen LogP contribution in [0.2, 0.25) is 0 Å². The standard InChI is InChI=1S/C15H17F3N2S/c1-3-8-19-9-12-13(15(16,17)18)20-14(21-12)11-6-4-10(2)5-7-11/h4-7,19H,3,8-9H2,1-2H3. The Hall–Kier alpha value is -1.40. The molecule has 1 heterocycles. The molecule has 114 valence electrons. The summed E-state index contributed by atoms with van der Waals surface area (Å²) in [6, 6.07) is 7.35. The van der Waals surface area contributed by atoms with Crippen LogP contribution >= 0.6 is 11.3 Å². The van der Waals surface area contributed by atoms with Gasteiger partial charge in [0.15, 0.2) is 5.69 Å². The molecule has 2 aromatic rings. The predicted molar refractivity (Wildman–Crippen MR) is 79.3 cm³/mol. The van der Waals surface area contributed by atoms with Gasteiger partial charge in [0.1, 0.15) is 5.01 Å². The lowest BCUT2D eigenvalue weighted by Crippen LogP contribution is -2.17. The van der Waals surface area contributed by atoms with Gasteiger partial charge in [-0.3, -0.25) is 0 Å². The highest BCUT2D eigenvalue weighted by Crippen LogP contribution is 2.37. The zero-order valence-corrected chi connectivity index (χ0v) is 12.7. The fourth-order valence-corrected chi connectivity index (χ4v) is 2.95. The number of hydrogen-bond acceptors (Lipinski definition) is 3. The molecule has 0 fully saturated rings. The molecule has 1 aromatic heterocycles. The number of nitrogens with zero attached hydrogens (tertiary/aromatic N) is 1. The smallest absolute Gasteiger partial charge is 0.312 e. The van der Waals surface area contributed by atoms with E-state index in [4.69, 9.17) is 0 Å². The van der Waals surface area contributed by atoms with E-state index in [1.165, 1.54) is 0 Å². The predicted octanol–water partition coefficient (Wildman–Crippen LogP) is 4.64. The normalized spacial score (nSPS) is 11.9. The van der Waals surface area contributed by atoms with Crippen molar-refractivity contribution >= 4 is 11.3 Å². The second-order valence-electron chi connectivity index (χ2n) is 4.83. The molecule has 21 heavy (non-hydrogen) atoms. The molecular formula is C15H17F3N2S. The average Bonchev–Trinajstić information content (AvgIpc) is 2.84. The number of thiazole rings is 1. The van der Waals surface area contributed by atoms with Crippen molar-refractivity contribution in [2.75, 3.05) is 6.54 Å². The molecule has 0 saturated carbocycles. The molecule has 0 aliphatic carbocycles. The SMILES string of the molecule is CCCNCc1sc(-c2ccc(C)cc2)nc1C(F)(F)F. The van der Waals surface area contributed by atoms with Gasteiger partial charge < -0.3 is 5.32 Å². The van der Waals surface area contributed by atoms with Crippen LogP contribution in [-0.4, -0.2) is 11.5 Å². The molecule has 0 saturated heterocycles. The minimum absolute atomic E-state index is 0.201. The van der Waals surface area contributed by atoms with Crippen LogP contribution in [-0.2, 0) is 12.7 Å². The van der Waals surface area contributed by atoms with Crippen LogP contribution in [0.5, 0.6) is 0 Å². The lowest BCUT2D eigenvalue weighted by Gasteiger charge is -2.06. The van der Waals surface area contributed by atoms with Crippen LogP contribution in [0, 0.1) is 6.92 Å². The van der Waals surface area contributed by atoms with Crippen molar-refractivity contribution < 1.29 is 13.2 Å². The molecule has 0 aliphatic heterocycles. The van der Waals surface area contributed by atoms with Crippen LogP contribution in [0.3, 0.4) is 0 Å². The number of nitrogens with one attached hydrogen (secondary N) is 1. The highest BCUT2D eigenvalue weighted by Gasteiger charge is 2.37. The second kappa shape index (κ2) is 6.58. The minimum atomic E-state index is -4.41. The zero-order chi connectivity index (χ0) is 15.5. The van der Waals surface area contributed by atoms with Crippen molar-refractivity contribution in [2.45, 2.75) is 33.0 Å². The fourth-order valence-electron chi connectivity index (χ4n) is 1.89. The minimum Gasteiger partial charge on any atom is -0.312 e. The Morgan fingerprint density at radius 1 is 1.19 bits per heavy atom. The number of hydrogen-bond donors (Lipinski definition) is 1. The van der Waals surface area contributed by atoms with Gasteiger partial charge in [0.05, 0.1) is 4.88 Å². The Balaban J connectivity index is 2.33. The van der Waals surface area contributed by atoms with E-state index in [0.717, 1.165) is 28.9 Å². The van der Waals surface area contributed by atoms with Crippen LogP contribution in [0.4, 0.5) is 13.2 Å². The van der Waals surface area contributed by atoms with Gasteiger partial charge in [0.25, 0.3) is 0 Å². The first kappa shape index (κ1) is 16.0. The molecule has 0 spiro atoms. The van der Waals surface area contributed by atoms with E-state index in [1.54, 1.807) is 12.1 Å². The monoisotopic (exact) mass is 314 g/mol. The van der Waals surface area contributed by atoms with Gasteiger partial charge in [-0.2, -0.15) is 13.2 Å². The van der Waals surface area contributed by atoms with Gasteiger partial charge in [-0.1, -0.05) is 36.8 Å². The lowest BCUT2D eigenvalue weighted by molar-refractivity contribution is -0.141. The number of benzene rings is 1. The van der Waals surface area contributed by atoms with Crippen LogP contribution in [0.25, 0.3) is 10.6 Å². The summed E-state index contributed by atoms with van der Waals surface area (Å²) < 4.78 is 39.2. The van der Waals surface area contributed by atoms with Gasteiger partial charge >= 0.3 is 6.18 Å². The van der Waals surface area contributed by atoms with Gasteiger partial charge in [0, 0.05) is 12.1 Å². The average molecular weight is 314 g/mol. The van der Waals surface area contributed by atoms with Gasteiger partial charge in [0.2, 0.25) is 0 Å². The topological polar surface area (TPSA) is 24.9 Å². The molecule has 1 aromatic carbocycles. The first-order chi connectivity index (χ1) is 9.91. The summed E-state index contributed by atoms with van der Waals surface area (Å²) in [7, 11) is 0. The number of alkyl halides is 3. The van der Waals surface area contributed by atoms with Crippen molar-refractivity contribution in [3.8, 4) is 10.6 Å². The molecule has 2 rings (SSSR count). The molecule has 6 heteroatoms. The number of aromatic nitrogens is 1. The molecule has 0 bridgehead atoms. The summed E-state index contributed by atoms with van der Waals surface area (Å²) in [5, 5.41) is 3.42. The Kier molecular flexibility index (Phi) is 5.00. The largest absolute Gasteiger partial charge is 0.434 e. The van der Waals surface area contributed by atoms with E-state index in [9.17, 15) is 13.2 Å². The Morgan fingerprint density at radius 2 is 1.86 bits per heavy atom. The van der Waals surface area contributed by atoms with Crippen molar-refractivity contribution in [3.63, 3.8) is 0 Å². The van der Waals surface area contributed by atoms with Gasteiger partial charge in [-0.25, -0.2) is 4.98 Å². The third kappa shape index (κ3) is 4.04. The van der Waals surface area contributed by atoms with Crippen LogP contribution in [0.15, 0.2) is 24.3 Å². The molecule has 0 aliphatic rings. The zero-order valence-electron chi connectivity index (χ0n) is 11.9. The summed E-state index contributed by atoms with van der Waals surface area (Å²) in [6.45, 7) is 4.80. The van der Waals surface area contributed by atoms with Crippen LogP contribution < -0.4 is 5.32 Å². The highest BCUT2D eigenvalue weighted by atomic mass is 32.1. The van der Waals surface area contributed by atoms with Crippen molar-refractivity contribution in [2.24, 2.45) is 0 Å². The lowest BCUT2D eigenvalue weighted by atomic mass is 10.2. The van der Waals surface area contributed by atoms with E-state index in [-0.39, 0.29) is 11.4 Å². The van der Waals surface area contributed by atoms with Crippen molar-refractivity contribution in [3.05, 3.63) is 40.4 Å². The van der Waals surface area contributed by atoms with Gasteiger partial charge in [-0.05, 0) is 19.9 Å². The first-order valence-electron chi connectivity index (χ1n) is 6.76. The van der Waals surface area contributed by atoms with Crippen LogP contribution in [0.1, 0.15) is 29.5 Å². The molecule has 0 radical (unpaired) electrons. The maximum Gasteiger partial charge on any atom is 0.434 e. The number of halogens is 3. The third-order valence-corrected chi connectivity index (χ3v) is 4.08. The second-order valence-corrected chi connectivity index (χ2v) is 5.91. The van der Waals surface area contributed by atoms with E-state index in [2.05, 4.69) is 10.3 Å². The quantitative estimate of drug-likeness (QED) is 0.813. The third-order valence-electron chi connectivity index (χ3n) is 2.98. The summed E-state index contributed by atoms with van der Waals surface area (Å²) in [6.07, 6.45) is -3.53. The Labute approximate surface area is 126 Å². The summed E-state index contributed by atoms with van der Waals surface area (Å²) in [5.74, 6) is 0. The van der Waals surface area contributed by atoms with E-state index in [1.807, 2.05) is 26.0 Å². The molecule has 0 atom stereocenters. The first-order valence-corrected chi connectivity index (χ1v) is 7.58. The summed E-state index contributed by atoms with van der Waals surface area (Å²) >= 11 is 1.10. The fraction of sp³-hybridized carbons (Fsp3) is 0.400. The number of aryl methyl sites for hydroxylation is 1. The number of rotatable bonds is 5. The summed E-state index contributed by atoms with van der Waals surface area (Å²) in [5.41, 5.74) is 1.01. The van der Waals surface area contributed by atoms with Crippen molar-refractivity contribution in [1.29, 1.82) is 0 Å². The Bertz CT molecular complexity index is 588. The molecule has 0 unspecified atom stereocenters. The highest BCUT2D eigenvalue weighted by molar-refractivity contribution is 7.15. The maximum absolute atomic E-state index is 13.1. The van der Waals surface area contributed by atoms with E-state index < -0.39 is 11.9 Å². The van der Waals surface area contributed by atoms with E-state index in [0.29, 0.717) is 11.6 Å². The summed E-state index contributed by atoms with van der Waals surface area (Å²) in [4.78, 5) is 4.06. The Morgan fingerprint density at radius 3 is 2.43 bits per heavy atom.